The molecule has 0 bridgehead atoms. The number of thioether (sulfide) groups is 1. The Morgan fingerprint density at radius 2 is 2.30 bits per heavy atom. The summed E-state index contributed by atoms with van der Waals surface area (Å²) in [5.74, 6) is 6.77. The molecule has 0 aromatic carbocycles. The predicted octanol–water partition coefficient (Wildman–Crippen LogP) is 0.617. The highest BCUT2D eigenvalue weighted by Crippen LogP contribution is 2.17. The third kappa shape index (κ3) is 4.20. The van der Waals surface area contributed by atoms with Crippen LogP contribution >= 0.6 is 11.8 Å². The molecule has 20 heavy (non-hydrogen) atoms. The first kappa shape index (κ1) is 15.3. The van der Waals surface area contributed by atoms with Crippen LogP contribution in [0.25, 0.3) is 0 Å². The summed E-state index contributed by atoms with van der Waals surface area (Å²) in [4.78, 5) is 11.0. The summed E-state index contributed by atoms with van der Waals surface area (Å²) in [6.07, 6.45) is 2.12. The summed E-state index contributed by atoms with van der Waals surface area (Å²) in [5.41, 5.74) is 2.55. The van der Waals surface area contributed by atoms with Crippen LogP contribution in [0.15, 0.2) is 11.2 Å². The third-order valence-corrected chi connectivity index (χ3v) is 3.76. The predicted molar refractivity (Wildman–Crippen MR) is 82.0 cm³/mol. The zero-order chi connectivity index (χ0) is 14.4. The molecule has 1 aromatic rings. The Morgan fingerprint density at radius 1 is 1.50 bits per heavy atom. The van der Waals surface area contributed by atoms with E-state index < -0.39 is 0 Å². The van der Waals surface area contributed by atoms with Crippen molar-refractivity contribution in [3.05, 3.63) is 6.07 Å². The molecule has 8 heteroatoms. The van der Waals surface area contributed by atoms with Gasteiger partial charge in [-0.15, -0.1) is 0 Å². The fourth-order valence-corrected chi connectivity index (χ4v) is 2.47. The minimum atomic E-state index is 0.186. The monoisotopic (exact) mass is 298 g/mol. The van der Waals surface area contributed by atoms with Crippen LogP contribution in [0.3, 0.4) is 0 Å². The molecule has 1 fully saturated rings. The molecule has 4 N–H and O–H groups in total. The third-order valence-electron chi connectivity index (χ3n) is 3.22. The Kier molecular flexibility index (Phi) is 5.84. The average molecular weight is 298 g/mol. The maximum atomic E-state index is 5.75. The largest absolute Gasteiger partial charge is 0.374 e. The van der Waals surface area contributed by atoms with Crippen LogP contribution in [0.2, 0.25) is 0 Å². The van der Waals surface area contributed by atoms with Crippen LogP contribution in [-0.4, -0.2) is 60.0 Å². The highest BCUT2D eigenvalue weighted by atomic mass is 32.2. The summed E-state index contributed by atoms with van der Waals surface area (Å²) in [5, 5.41) is 3.98. The molecule has 1 unspecified atom stereocenters. The molecular formula is C12H22N6OS. The first-order chi connectivity index (χ1) is 9.75. The first-order valence-corrected chi connectivity index (χ1v) is 7.95. The van der Waals surface area contributed by atoms with Crippen LogP contribution in [0, 0.1) is 0 Å². The van der Waals surface area contributed by atoms with E-state index in [0.717, 1.165) is 38.6 Å². The van der Waals surface area contributed by atoms with Crippen LogP contribution in [0.5, 0.6) is 0 Å². The van der Waals surface area contributed by atoms with Crippen molar-refractivity contribution in [3.63, 3.8) is 0 Å². The Hall–Kier alpha value is -1.09. The van der Waals surface area contributed by atoms with Crippen molar-refractivity contribution in [2.45, 2.75) is 18.2 Å². The Balaban J connectivity index is 1.92. The number of nitrogen functional groups attached to an aromatic ring is 1. The van der Waals surface area contributed by atoms with E-state index in [1.165, 1.54) is 11.8 Å². The van der Waals surface area contributed by atoms with Gasteiger partial charge in [-0.1, -0.05) is 18.7 Å². The second-order valence-electron chi connectivity index (χ2n) is 4.54. The van der Waals surface area contributed by atoms with Gasteiger partial charge < -0.3 is 15.5 Å². The van der Waals surface area contributed by atoms with Gasteiger partial charge in [0, 0.05) is 25.7 Å². The highest BCUT2D eigenvalue weighted by Gasteiger charge is 2.19. The Labute approximate surface area is 123 Å². The van der Waals surface area contributed by atoms with Gasteiger partial charge in [0.2, 0.25) is 0 Å². The second kappa shape index (κ2) is 7.63. The Bertz CT molecular complexity index is 410. The molecule has 7 nitrogen and oxygen atoms in total. The molecule has 1 saturated heterocycles. The van der Waals surface area contributed by atoms with Gasteiger partial charge in [-0.05, 0) is 12.8 Å². The van der Waals surface area contributed by atoms with E-state index in [9.17, 15) is 0 Å². The van der Waals surface area contributed by atoms with Gasteiger partial charge in [-0.25, -0.2) is 15.8 Å². The molecule has 112 valence electrons. The van der Waals surface area contributed by atoms with E-state index in [0.29, 0.717) is 11.0 Å². The van der Waals surface area contributed by atoms with Gasteiger partial charge in [0.25, 0.3) is 0 Å². The molecule has 0 aliphatic carbocycles. The van der Waals surface area contributed by atoms with Crippen LogP contribution in [-0.2, 0) is 4.74 Å². The molecule has 1 aromatic heterocycles. The fraction of sp³-hybridized carbons (Fsp3) is 0.667. The molecule has 0 saturated carbocycles. The number of likely N-dealkylation sites (N-methyl/N-ethyl adjacent to an activating group) is 1. The fourth-order valence-electron chi connectivity index (χ4n) is 2.09. The van der Waals surface area contributed by atoms with E-state index >= 15 is 0 Å². The van der Waals surface area contributed by atoms with E-state index in [2.05, 4.69) is 32.5 Å². The smallest absolute Gasteiger partial charge is 0.191 e. The van der Waals surface area contributed by atoms with Gasteiger partial charge in [-0.3, -0.25) is 4.90 Å². The molecule has 0 radical (unpaired) electrons. The first-order valence-electron chi connectivity index (χ1n) is 6.72. The number of morpholine rings is 1. The summed E-state index contributed by atoms with van der Waals surface area (Å²) in [6.45, 7) is 6.71. The van der Waals surface area contributed by atoms with Gasteiger partial charge >= 0.3 is 0 Å². The van der Waals surface area contributed by atoms with Gasteiger partial charge in [0.05, 0.1) is 12.7 Å². The number of nitrogens with two attached hydrogens (primary N) is 1. The molecule has 1 atom stereocenters. The molecular weight excluding hydrogens is 276 g/mol. The van der Waals surface area contributed by atoms with Crippen molar-refractivity contribution in [1.29, 1.82) is 0 Å². The zero-order valence-electron chi connectivity index (χ0n) is 11.9. The maximum Gasteiger partial charge on any atom is 0.191 e. The Morgan fingerprint density at radius 3 is 3.00 bits per heavy atom. The number of anilines is 2. The molecule has 0 amide bonds. The maximum absolute atomic E-state index is 5.75. The van der Waals surface area contributed by atoms with Gasteiger partial charge in [0.15, 0.2) is 5.16 Å². The standard InChI is InChI=1S/C12H22N6OS/c1-3-18-4-5-19-9(8-18)7-14-10-6-11(17-13)16-12(15-10)20-2/h6,9H,3-5,7-8,13H2,1-2H3,(H2,14,15,16,17). The van der Waals surface area contributed by atoms with Crippen molar-refractivity contribution < 1.29 is 4.74 Å². The summed E-state index contributed by atoms with van der Waals surface area (Å²) in [7, 11) is 0. The number of hydrogen-bond acceptors (Lipinski definition) is 8. The van der Waals surface area contributed by atoms with E-state index in [4.69, 9.17) is 10.6 Å². The van der Waals surface area contributed by atoms with Crippen molar-refractivity contribution in [2.24, 2.45) is 5.84 Å². The lowest BCUT2D eigenvalue weighted by Gasteiger charge is -2.32. The van der Waals surface area contributed by atoms with Crippen LogP contribution in [0.1, 0.15) is 6.92 Å². The number of rotatable bonds is 6. The highest BCUT2D eigenvalue weighted by molar-refractivity contribution is 7.98. The van der Waals surface area contributed by atoms with Gasteiger partial charge in [0.1, 0.15) is 11.6 Å². The normalized spacial score (nSPS) is 19.9. The lowest BCUT2D eigenvalue weighted by atomic mass is 10.2. The lowest BCUT2D eigenvalue weighted by Crippen LogP contribution is -2.45. The number of aromatic nitrogens is 2. The van der Waals surface area contributed by atoms with E-state index in [1.54, 1.807) is 6.07 Å². The van der Waals surface area contributed by atoms with E-state index in [-0.39, 0.29) is 6.10 Å². The zero-order valence-corrected chi connectivity index (χ0v) is 12.7. The summed E-state index contributed by atoms with van der Waals surface area (Å²) < 4.78 is 5.75. The lowest BCUT2D eigenvalue weighted by molar-refractivity contribution is -0.0192. The second-order valence-corrected chi connectivity index (χ2v) is 5.31. The number of nitrogens with zero attached hydrogens (tertiary/aromatic N) is 3. The van der Waals surface area contributed by atoms with Gasteiger partial charge in [-0.2, -0.15) is 0 Å². The summed E-state index contributed by atoms with van der Waals surface area (Å²) >= 11 is 1.48. The number of hydrazine groups is 1. The van der Waals surface area contributed by atoms with Crippen LogP contribution in [0.4, 0.5) is 11.6 Å². The molecule has 1 aliphatic heterocycles. The molecule has 0 spiro atoms. The quantitative estimate of drug-likeness (QED) is 0.305. The van der Waals surface area contributed by atoms with Crippen molar-refractivity contribution in [2.75, 3.05) is 49.8 Å². The molecule has 2 heterocycles. The van der Waals surface area contributed by atoms with Crippen molar-refractivity contribution in [3.8, 4) is 0 Å². The van der Waals surface area contributed by atoms with Crippen molar-refractivity contribution in [1.82, 2.24) is 14.9 Å². The minimum absolute atomic E-state index is 0.186. The minimum Gasteiger partial charge on any atom is -0.374 e. The number of nitrogens with one attached hydrogen (secondary N) is 2. The molecule has 1 aliphatic rings. The van der Waals surface area contributed by atoms with Crippen molar-refractivity contribution >= 4 is 23.4 Å². The number of hydrogen-bond donors (Lipinski definition) is 3. The average Bonchev–Trinajstić information content (AvgIpc) is 2.52. The van der Waals surface area contributed by atoms with Crippen LogP contribution < -0.4 is 16.6 Å². The molecule has 2 rings (SSSR count). The van der Waals surface area contributed by atoms with E-state index in [1.807, 2.05) is 6.26 Å². The number of ether oxygens (including phenoxy) is 1. The SMILES string of the molecule is CCN1CCOC(CNc2cc(NN)nc(SC)n2)C1. The topological polar surface area (TPSA) is 88.3 Å². The summed E-state index contributed by atoms with van der Waals surface area (Å²) in [6, 6.07) is 1.79.